The van der Waals surface area contributed by atoms with Crippen LogP contribution in [-0.4, -0.2) is 23.2 Å². The number of carboxylic acids is 1. The molecule has 4 heteroatoms. The van der Waals surface area contributed by atoms with Crippen LogP contribution in [0.2, 0.25) is 0 Å². The average Bonchev–Trinajstić information content (AvgIpc) is 2.34. The first kappa shape index (κ1) is 12.9. The zero-order valence-electron chi connectivity index (χ0n) is 10.6. The predicted octanol–water partition coefficient (Wildman–Crippen LogP) is 2.38. The topological polar surface area (TPSA) is 75.3 Å². The van der Waals surface area contributed by atoms with E-state index < -0.39 is 5.97 Å². The lowest BCUT2D eigenvalue weighted by molar-refractivity contribution is 0.0697. The number of carboxylic acid groups (broad SMARTS) is 1. The number of hydrogen-bond donors (Lipinski definition) is 3. The molecule has 0 aliphatic heterocycles. The summed E-state index contributed by atoms with van der Waals surface area (Å²) in [5.74, 6) is -0.881. The number of hydrogen-bond acceptors (Lipinski definition) is 3. The second-order valence-corrected chi connectivity index (χ2v) is 5.09. The Morgan fingerprint density at radius 3 is 2.56 bits per heavy atom. The SMILES string of the molecule is Cc1cc(C(=O)O)ccc1NC1CCC(N)CC1. The van der Waals surface area contributed by atoms with Crippen LogP contribution in [0.1, 0.15) is 41.6 Å². The Morgan fingerprint density at radius 2 is 2.00 bits per heavy atom. The zero-order valence-corrected chi connectivity index (χ0v) is 10.6. The van der Waals surface area contributed by atoms with Crippen LogP contribution < -0.4 is 11.1 Å². The van der Waals surface area contributed by atoms with Gasteiger partial charge in [0.25, 0.3) is 0 Å². The molecule has 1 saturated carbocycles. The molecule has 0 amide bonds. The van der Waals surface area contributed by atoms with Crippen LogP contribution in [0, 0.1) is 6.92 Å². The molecule has 1 aliphatic carbocycles. The number of aryl methyl sites for hydroxylation is 1. The fourth-order valence-corrected chi connectivity index (χ4v) is 2.44. The van der Waals surface area contributed by atoms with E-state index in [1.807, 2.05) is 13.0 Å². The number of benzene rings is 1. The Labute approximate surface area is 107 Å². The van der Waals surface area contributed by atoms with Crippen molar-refractivity contribution in [3.8, 4) is 0 Å². The first-order chi connectivity index (χ1) is 8.56. The maximum atomic E-state index is 10.9. The number of nitrogens with two attached hydrogens (primary N) is 1. The van der Waals surface area contributed by atoms with Crippen molar-refractivity contribution >= 4 is 11.7 Å². The maximum Gasteiger partial charge on any atom is 0.335 e. The molecule has 1 fully saturated rings. The number of aromatic carboxylic acids is 1. The van der Waals surface area contributed by atoms with Gasteiger partial charge in [0.15, 0.2) is 0 Å². The van der Waals surface area contributed by atoms with Crippen LogP contribution >= 0.6 is 0 Å². The van der Waals surface area contributed by atoms with Gasteiger partial charge in [-0.25, -0.2) is 4.79 Å². The van der Waals surface area contributed by atoms with Crippen LogP contribution in [0.4, 0.5) is 5.69 Å². The lowest BCUT2D eigenvalue weighted by atomic mass is 9.91. The van der Waals surface area contributed by atoms with Gasteiger partial charge in [-0.15, -0.1) is 0 Å². The molecule has 4 nitrogen and oxygen atoms in total. The Balaban J connectivity index is 2.03. The van der Waals surface area contributed by atoms with E-state index >= 15 is 0 Å². The van der Waals surface area contributed by atoms with Gasteiger partial charge in [-0.3, -0.25) is 0 Å². The van der Waals surface area contributed by atoms with E-state index in [4.69, 9.17) is 10.8 Å². The molecule has 0 spiro atoms. The van der Waals surface area contributed by atoms with Gasteiger partial charge in [0.05, 0.1) is 5.56 Å². The zero-order chi connectivity index (χ0) is 13.1. The van der Waals surface area contributed by atoms with Crippen molar-refractivity contribution in [2.45, 2.75) is 44.7 Å². The highest BCUT2D eigenvalue weighted by Crippen LogP contribution is 2.23. The largest absolute Gasteiger partial charge is 0.478 e. The van der Waals surface area contributed by atoms with Crippen molar-refractivity contribution in [3.05, 3.63) is 29.3 Å². The molecule has 0 bridgehead atoms. The number of carbonyl (C=O) groups is 1. The summed E-state index contributed by atoms with van der Waals surface area (Å²) in [5, 5.41) is 12.4. The third kappa shape index (κ3) is 3.01. The molecule has 0 radical (unpaired) electrons. The Morgan fingerprint density at radius 1 is 1.33 bits per heavy atom. The first-order valence-corrected chi connectivity index (χ1v) is 6.42. The molecule has 0 saturated heterocycles. The van der Waals surface area contributed by atoms with Gasteiger partial charge in [-0.2, -0.15) is 0 Å². The molecule has 0 heterocycles. The van der Waals surface area contributed by atoms with Crippen LogP contribution in [0.5, 0.6) is 0 Å². The molecule has 1 aromatic carbocycles. The molecule has 0 aromatic heterocycles. The highest BCUT2D eigenvalue weighted by molar-refractivity contribution is 5.88. The van der Waals surface area contributed by atoms with Gasteiger partial charge >= 0.3 is 5.97 Å². The number of anilines is 1. The Bertz CT molecular complexity index is 437. The fourth-order valence-electron chi connectivity index (χ4n) is 2.44. The summed E-state index contributed by atoms with van der Waals surface area (Å²) in [6, 6.07) is 6.01. The van der Waals surface area contributed by atoms with Crippen LogP contribution in [-0.2, 0) is 0 Å². The van der Waals surface area contributed by atoms with Crippen LogP contribution in [0.3, 0.4) is 0 Å². The lowest BCUT2D eigenvalue weighted by Crippen LogP contribution is -2.32. The van der Waals surface area contributed by atoms with Crippen LogP contribution in [0.15, 0.2) is 18.2 Å². The van der Waals surface area contributed by atoms with E-state index in [0.29, 0.717) is 17.6 Å². The summed E-state index contributed by atoms with van der Waals surface area (Å²) < 4.78 is 0. The van der Waals surface area contributed by atoms with Gasteiger partial charge in [0.1, 0.15) is 0 Å². The number of nitrogens with one attached hydrogen (secondary N) is 1. The highest BCUT2D eigenvalue weighted by Gasteiger charge is 2.18. The predicted molar refractivity (Wildman–Crippen MR) is 72.0 cm³/mol. The Hall–Kier alpha value is -1.55. The van der Waals surface area contributed by atoms with Crippen molar-refractivity contribution in [3.63, 3.8) is 0 Å². The second kappa shape index (κ2) is 5.40. The van der Waals surface area contributed by atoms with Gasteiger partial charge in [-0.1, -0.05) is 0 Å². The molecule has 1 aliphatic rings. The van der Waals surface area contributed by atoms with Crippen molar-refractivity contribution in [1.29, 1.82) is 0 Å². The normalized spacial score (nSPS) is 23.7. The molecule has 0 atom stereocenters. The van der Waals surface area contributed by atoms with E-state index in [2.05, 4.69) is 5.32 Å². The quantitative estimate of drug-likeness (QED) is 0.767. The summed E-state index contributed by atoms with van der Waals surface area (Å²) in [5.41, 5.74) is 8.22. The molecular weight excluding hydrogens is 228 g/mol. The Kier molecular flexibility index (Phi) is 3.87. The molecule has 1 aromatic rings. The van der Waals surface area contributed by atoms with Crippen molar-refractivity contribution in [2.75, 3.05) is 5.32 Å². The highest BCUT2D eigenvalue weighted by atomic mass is 16.4. The van der Waals surface area contributed by atoms with E-state index in [1.165, 1.54) is 0 Å². The van der Waals surface area contributed by atoms with E-state index in [1.54, 1.807) is 12.1 Å². The molecule has 4 N–H and O–H groups in total. The summed E-state index contributed by atoms with van der Waals surface area (Å²) in [6.07, 6.45) is 4.29. The van der Waals surface area contributed by atoms with Gasteiger partial charge in [-0.05, 0) is 56.4 Å². The van der Waals surface area contributed by atoms with E-state index in [9.17, 15) is 4.79 Å². The second-order valence-electron chi connectivity index (χ2n) is 5.09. The molecule has 2 rings (SSSR count). The van der Waals surface area contributed by atoms with Crippen molar-refractivity contribution in [2.24, 2.45) is 5.73 Å². The summed E-state index contributed by atoms with van der Waals surface area (Å²) in [6.45, 7) is 1.93. The van der Waals surface area contributed by atoms with Gasteiger partial charge in [0.2, 0.25) is 0 Å². The standard InChI is InChI=1S/C14H20N2O2/c1-9-8-10(14(17)18)2-7-13(9)16-12-5-3-11(15)4-6-12/h2,7-8,11-12,16H,3-6,15H2,1H3,(H,17,18). The fraction of sp³-hybridized carbons (Fsp3) is 0.500. The number of rotatable bonds is 3. The van der Waals surface area contributed by atoms with E-state index in [0.717, 1.165) is 36.9 Å². The molecule has 18 heavy (non-hydrogen) atoms. The van der Waals surface area contributed by atoms with E-state index in [-0.39, 0.29) is 0 Å². The molecule has 98 valence electrons. The van der Waals surface area contributed by atoms with Gasteiger partial charge in [0, 0.05) is 17.8 Å². The first-order valence-electron chi connectivity index (χ1n) is 6.42. The average molecular weight is 248 g/mol. The minimum Gasteiger partial charge on any atom is -0.478 e. The summed E-state index contributed by atoms with van der Waals surface area (Å²) in [7, 11) is 0. The smallest absolute Gasteiger partial charge is 0.335 e. The molecular formula is C14H20N2O2. The summed E-state index contributed by atoms with van der Waals surface area (Å²) in [4.78, 5) is 10.9. The third-order valence-corrected chi connectivity index (χ3v) is 3.60. The third-order valence-electron chi connectivity index (χ3n) is 3.60. The van der Waals surface area contributed by atoms with Crippen molar-refractivity contribution < 1.29 is 9.90 Å². The minimum absolute atomic E-state index is 0.337. The minimum atomic E-state index is -0.881. The van der Waals surface area contributed by atoms with Gasteiger partial charge < -0.3 is 16.2 Å². The lowest BCUT2D eigenvalue weighted by Gasteiger charge is -2.28. The van der Waals surface area contributed by atoms with Crippen LogP contribution in [0.25, 0.3) is 0 Å². The maximum absolute atomic E-state index is 10.9. The van der Waals surface area contributed by atoms with Crippen molar-refractivity contribution in [1.82, 2.24) is 0 Å². The molecule has 0 unspecified atom stereocenters. The monoisotopic (exact) mass is 248 g/mol. The summed E-state index contributed by atoms with van der Waals surface area (Å²) >= 11 is 0.